The molecule has 166 valence electrons. The van der Waals surface area contributed by atoms with Gasteiger partial charge in [-0.1, -0.05) is 53.8 Å². The molecule has 0 amide bonds. The highest BCUT2D eigenvalue weighted by atomic mass is 32.1. The third-order valence-corrected chi connectivity index (χ3v) is 6.77. The van der Waals surface area contributed by atoms with Crippen molar-refractivity contribution in [1.29, 1.82) is 0 Å². The highest BCUT2D eigenvalue weighted by Gasteiger charge is 2.08. The molecule has 2 aromatic heterocycles. The zero-order valence-corrected chi connectivity index (χ0v) is 19.6. The maximum Gasteiger partial charge on any atom is 0.204 e. The number of ether oxygens (including phenoxy) is 1. The Morgan fingerprint density at radius 3 is 2.79 bits per heavy atom. The van der Waals surface area contributed by atoms with E-state index in [0.717, 1.165) is 39.6 Å². The molecule has 33 heavy (non-hydrogen) atoms. The topological polar surface area (TPSA) is 51.4 Å². The van der Waals surface area contributed by atoms with Gasteiger partial charge in [0, 0.05) is 29.2 Å². The highest BCUT2D eigenvalue weighted by molar-refractivity contribution is 7.22. The predicted molar refractivity (Wildman–Crippen MR) is 139 cm³/mol. The molecule has 0 unspecified atom stereocenters. The van der Waals surface area contributed by atoms with Gasteiger partial charge < -0.3 is 9.30 Å². The van der Waals surface area contributed by atoms with E-state index in [2.05, 4.69) is 76.5 Å². The number of hydrogen-bond donors (Lipinski definition) is 1. The van der Waals surface area contributed by atoms with Gasteiger partial charge in [0.1, 0.15) is 5.75 Å². The Kier molecular flexibility index (Phi) is 6.09. The standard InChI is InChI=1S/C27H26N4OS/c1-19-9-7-13-25(20(19)2)32-16-8-15-31-18-21(22-10-3-5-12-24(22)31)17-28-30-27-29-23-11-4-6-14-26(23)33-27/h3-7,9-14,17-18H,8,15-16H2,1-2H3,(H,29,30)/b28-17-. The molecule has 0 aliphatic rings. The van der Waals surface area contributed by atoms with Crippen molar-refractivity contribution in [2.24, 2.45) is 5.10 Å². The second-order valence-electron chi connectivity index (χ2n) is 8.05. The number of fused-ring (bicyclic) bond motifs is 2. The summed E-state index contributed by atoms with van der Waals surface area (Å²) in [6.45, 7) is 5.78. The van der Waals surface area contributed by atoms with Gasteiger partial charge in [0.15, 0.2) is 0 Å². The number of aryl methyl sites for hydroxylation is 2. The molecule has 5 nitrogen and oxygen atoms in total. The lowest BCUT2D eigenvalue weighted by molar-refractivity contribution is 0.300. The van der Waals surface area contributed by atoms with E-state index in [4.69, 9.17) is 4.74 Å². The van der Waals surface area contributed by atoms with E-state index in [-0.39, 0.29) is 0 Å². The average molecular weight is 455 g/mol. The van der Waals surface area contributed by atoms with E-state index < -0.39 is 0 Å². The van der Waals surface area contributed by atoms with Gasteiger partial charge in [0.05, 0.1) is 23.0 Å². The lowest BCUT2D eigenvalue weighted by Gasteiger charge is -2.11. The zero-order chi connectivity index (χ0) is 22.6. The maximum atomic E-state index is 6.04. The molecule has 1 N–H and O–H groups in total. The molecule has 0 atom stereocenters. The summed E-state index contributed by atoms with van der Waals surface area (Å²) in [5.41, 5.74) is 8.82. The van der Waals surface area contributed by atoms with Gasteiger partial charge in [-0.3, -0.25) is 5.43 Å². The Balaban J connectivity index is 1.26. The van der Waals surface area contributed by atoms with Crippen LogP contribution in [-0.4, -0.2) is 22.4 Å². The summed E-state index contributed by atoms with van der Waals surface area (Å²) in [6.07, 6.45) is 4.95. The van der Waals surface area contributed by atoms with E-state index in [1.165, 1.54) is 22.0 Å². The van der Waals surface area contributed by atoms with Crippen molar-refractivity contribution in [3.05, 3.63) is 89.6 Å². The van der Waals surface area contributed by atoms with E-state index in [1.807, 2.05) is 36.5 Å². The Labute approximate surface area is 197 Å². The summed E-state index contributed by atoms with van der Waals surface area (Å²) in [5.74, 6) is 0.973. The summed E-state index contributed by atoms with van der Waals surface area (Å²) in [5, 5.41) is 6.43. The van der Waals surface area contributed by atoms with Gasteiger partial charge in [-0.15, -0.1) is 0 Å². The van der Waals surface area contributed by atoms with Crippen molar-refractivity contribution in [2.75, 3.05) is 12.0 Å². The molecule has 0 fully saturated rings. The first-order valence-corrected chi connectivity index (χ1v) is 11.9. The molecule has 3 aromatic carbocycles. The van der Waals surface area contributed by atoms with Gasteiger partial charge >= 0.3 is 0 Å². The van der Waals surface area contributed by atoms with Crippen molar-refractivity contribution < 1.29 is 4.74 Å². The first kappa shape index (κ1) is 21.2. The Morgan fingerprint density at radius 1 is 1.03 bits per heavy atom. The van der Waals surface area contributed by atoms with Crippen LogP contribution in [0.2, 0.25) is 0 Å². The van der Waals surface area contributed by atoms with Crippen LogP contribution in [0.1, 0.15) is 23.1 Å². The van der Waals surface area contributed by atoms with Crippen LogP contribution in [0.15, 0.2) is 78.0 Å². The molecule has 0 radical (unpaired) electrons. The lowest BCUT2D eigenvalue weighted by Crippen LogP contribution is -2.04. The quantitative estimate of drug-likeness (QED) is 0.160. The summed E-state index contributed by atoms with van der Waals surface area (Å²) in [7, 11) is 0. The Bertz CT molecular complexity index is 1400. The van der Waals surface area contributed by atoms with Gasteiger partial charge in [-0.2, -0.15) is 5.10 Å². The molecule has 0 saturated heterocycles. The first-order valence-electron chi connectivity index (χ1n) is 11.1. The fraction of sp³-hybridized carbons (Fsp3) is 0.185. The second kappa shape index (κ2) is 9.46. The Morgan fingerprint density at radius 2 is 1.88 bits per heavy atom. The molecule has 2 heterocycles. The normalized spacial score (nSPS) is 11.6. The maximum absolute atomic E-state index is 6.04. The molecule has 0 aliphatic heterocycles. The van der Waals surface area contributed by atoms with Gasteiger partial charge in [-0.05, 0) is 55.7 Å². The summed E-state index contributed by atoms with van der Waals surface area (Å²) in [4.78, 5) is 4.57. The lowest BCUT2D eigenvalue weighted by atomic mass is 10.1. The van der Waals surface area contributed by atoms with Gasteiger partial charge in [-0.25, -0.2) is 4.98 Å². The van der Waals surface area contributed by atoms with E-state index >= 15 is 0 Å². The zero-order valence-electron chi connectivity index (χ0n) is 18.8. The largest absolute Gasteiger partial charge is 0.493 e. The van der Waals surface area contributed by atoms with Crippen LogP contribution in [0.25, 0.3) is 21.1 Å². The number of nitrogens with one attached hydrogen (secondary N) is 1. The van der Waals surface area contributed by atoms with Crippen molar-refractivity contribution in [2.45, 2.75) is 26.8 Å². The molecule has 0 aliphatic carbocycles. The van der Waals surface area contributed by atoms with E-state index in [9.17, 15) is 0 Å². The number of hydrazone groups is 1. The minimum absolute atomic E-state index is 0.680. The van der Waals surface area contributed by atoms with E-state index in [0.29, 0.717) is 6.61 Å². The van der Waals surface area contributed by atoms with Crippen molar-refractivity contribution in [3.8, 4) is 5.75 Å². The highest BCUT2D eigenvalue weighted by Crippen LogP contribution is 2.26. The van der Waals surface area contributed by atoms with Crippen LogP contribution in [-0.2, 0) is 6.54 Å². The van der Waals surface area contributed by atoms with E-state index in [1.54, 1.807) is 11.3 Å². The van der Waals surface area contributed by atoms with Crippen LogP contribution >= 0.6 is 11.3 Å². The summed E-state index contributed by atoms with van der Waals surface area (Å²) >= 11 is 1.60. The SMILES string of the molecule is Cc1cccc(OCCCn2cc(/C=N\Nc3nc4ccccc4s3)c3ccccc32)c1C. The second-order valence-corrected chi connectivity index (χ2v) is 9.08. The number of thiazole rings is 1. The molecule has 0 saturated carbocycles. The number of anilines is 1. The molecule has 0 bridgehead atoms. The number of rotatable bonds is 8. The molecule has 5 rings (SSSR count). The van der Waals surface area contributed by atoms with Crippen LogP contribution in [0.3, 0.4) is 0 Å². The molecule has 0 spiro atoms. The number of aromatic nitrogens is 2. The third-order valence-electron chi connectivity index (χ3n) is 5.83. The van der Waals surface area contributed by atoms with Crippen LogP contribution in [0.4, 0.5) is 5.13 Å². The fourth-order valence-electron chi connectivity index (χ4n) is 3.94. The predicted octanol–water partition coefficient (Wildman–Crippen LogP) is 6.78. The van der Waals surface area contributed by atoms with Crippen molar-refractivity contribution in [3.63, 3.8) is 0 Å². The summed E-state index contributed by atoms with van der Waals surface area (Å²) < 4.78 is 9.47. The number of para-hydroxylation sites is 2. The molecule has 6 heteroatoms. The van der Waals surface area contributed by atoms with Gasteiger partial charge in [0.25, 0.3) is 0 Å². The third kappa shape index (κ3) is 4.61. The number of hydrogen-bond acceptors (Lipinski definition) is 5. The summed E-state index contributed by atoms with van der Waals surface area (Å²) in [6, 6.07) is 22.7. The van der Waals surface area contributed by atoms with Crippen molar-refractivity contribution >= 4 is 43.8 Å². The minimum atomic E-state index is 0.680. The monoisotopic (exact) mass is 454 g/mol. The van der Waals surface area contributed by atoms with Crippen molar-refractivity contribution in [1.82, 2.24) is 9.55 Å². The average Bonchev–Trinajstić information content (AvgIpc) is 3.41. The molecular weight excluding hydrogens is 428 g/mol. The van der Waals surface area contributed by atoms with Gasteiger partial charge in [0.2, 0.25) is 5.13 Å². The Hall–Kier alpha value is -3.64. The first-order chi connectivity index (χ1) is 16.2. The van der Waals surface area contributed by atoms with Crippen LogP contribution < -0.4 is 10.2 Å². The van der Waals surface area contributed by atoms with Crippen LogP contribution in [0.5, 0.6) is 5.75 Å². The smallest absolute Gasteiger partial charge is 0.204 e. The number of nitrogens with zero attached hydrogens (tertiary/aromatic N) is 3. The minimum Gasteiger partial charge on any atom is -0.493 e. The molecular formula is C27H26N4OS. The number of benzene rings is 3. The van der Waals surface area contributed by atoms with Crippen LogP contribution in [0, 0.1) is 13.8 Å². The molecule has 5 aromatic rings. The fourth-order valence-corrected chi connectivity index (χ4v) is 4.75.